The second kappa shape index (κ2) is 8.19. The number of para-hydroxylation sites is 1. The van der Waals surface area contributed by atoms with Crippen molar-refractivity contribution in [2.45, 2.75) is 6.92 Å². The summed E-state index contributed by atoms with van der Waals surface area (Å²) in [4.78, 5) is 25.1. The molecule has 0 heterocycles. The summed E-state index contributed by atoms with van der Waals surface area (Å²) in [6.07, 6.45) is 0. The van der Waals surface area contributed by atoms with Crippen LogP contribution in [0.5, 0.6) is 5.75 Å². The molecule has 0 aliphatic carbocycles. The predicted octanol–water partition coefficient (Wildman–Crippen LogP) is 4.51. The quantitative estimate of drug-likeness (QED) is 0.703. The molecular weight excluding hydrogens is 340 g/mol. The summed E-state index contributed by atoms with van der Waals surface area (Å²) in [6.45, 7) is 1.87. The fraction of sp³-hybridized carbons (Fsp3) is 0.0909. The number of hydrogen-bond acceptors (Lipinski definition) is 3. The van der Waals surface area contributed by atoms with Crippen LogP contribution in [0.3, 0.4) is 0 Å². The smallest absolute Gasteiger partial charge is 0.256 e. The highest BCUT2D eigenvalue weighted by molar-refractivity contribution is 6.08. The Kier molecular flexibility index (Phi) is 5.52. The molecule has 0 unspecified atom stereocenters. The Bertz CT molecular complexity index is 968. The molecule has 0 atom stereocenters. The van der Waals surface area contributed by atoms with Gasteiger partial charge in [0, 0.05) is 16.8 Å². The molecule has 5 nitrogen and oxygen atoms in total. The van der Waals surface area contributed by atoms with Crippen molar-refractivity contribution in [3.63, 3.8) is 0 Å². The van der Waals surface area contributed by atoms with E-state index in [1.54, 1.807) is 24.3 Å². The van der Waals surface area contributed by atoms with E-state index in [9.17, 15) is 9.59 Å². The van der Waals surface area contributed by atoms with Gasteiger partial charge in [-0.2, -0.15) is 0 Å². The summed E-state index contributed by atoms with van der Waals surface area (Å²) in [5, 5.41) is 5.66. The molecule has 0 aromatic heterocycles. The van der Waals surface area contributed by atoms with Crippen LogP contribution in [0.4, 0.5) is 11.4 Å². The maximum atomic E-state index is 12.6. The summed E-state index contributed by atoms with van der Waals surface area (Å²) >= 11 is 0. The van der Waals surface area contributed by atoms with Gasteiger partial charge in [0.1, 0.15) is 5.75 Å². The highest BCUT2D eigenvalue weighted by atomic mass is 16.5. The number of carbonyl (C=O) groups excluding carboxylic acids is 2. The van der Waals surface area contributed by atoms with Crippen LogP contribution in [0.15, 0.2) is 72.8 Å². The Hall–Kier alpha value is -3.60. The van der Waals surface area contributed by atoms with Gasteiger partial charge in [0.2, 0.25) is 0 Å². The molecule has 0 radical (unpaired) electrons. The van der Waals surface area contributed by atoms with E-state index in [-0.39, 0.29) is 11.8 Å². The first kappa shape index (κ1) is 18.2. The molecule has 0 saturated heterocycles. The van der Waals surface area contributed by atoms with Gasteiger partial charge in [-0.15, -0.1) is 0 Å². The zero-order valence-corrected chi connectivity index (χ0v) is 15.2. The lowest BCUT2D eigenvalue weighted by molar-refractivity contribution is 0.101. The van der Waals surface area contributed by atoms with Gasteiger partial charge in [-0.3, -0.25) is 9.59 Å². The summed E-state index contributed by atoms with van der Waals surface area (Å²) in [5.41, 5.74) is 2.99. The summed E-state index contributed by atoms with van der Waals surface area (Å²) in [6, 6.07) is 21.4. The van der Waals surface area contributed by atoms with Gasteiger partial charge in [0.05, 0.1) is 12.8 Å². The van der Waals surface area contributed by atoms with E-state index in [0.717, 1.165) is 5.56 Å². The van der Waals surface area contributed by atoms with Crippen LogP contribution >= 0.6 is 0 Å². The number of ether oxygens (including phenoxy) is 1. The summed E-state index contributed by atoms with van der Waals surface area (Å²) in [5.74, 6) is -0.0459. The van der Waals surface area contributed by atoms with Crippen LogP contribution in [-0.4, -0.2) is 18.9 Å². The van der Waals surface area contributed by atoms with Gasteiger partial charge >= 0.3 is 0 Å². The first-order chi connectivity index (χ1) is 13.1. The molecule has 3 rings (SSSR count). The van der Waals surface area contributed by atoms with Crippen molar-refractivity contribution in [1.82, 2.24) is 0 Å². The van der Waals surface area contributed by atoms with E-state index in [2.05, 4.69) is 10.6 Å². The first-order valence-electron chi connectivity index (χ1n) is 8.50. The molecule has 0 spiro atoms. The number of aryl methyl sites for hydroxylation is 1. The minimum Gasteiger partial charge on any atom is -0.495 e. The van der Waals surface area contributed by atoms with Crippen LogP contribution in [-0.2, 0) is 0 Å². The molecular formula is C22H20N2O3. The molecule has 2 N–H and O–H groups in total. The average molecular weight is 360 g/mol. The molecule has 0 fully saturated rings. The average Bonchev–Trinajstić information content (AvgIpc) is 2.69. The molecule has 3 aromatic rings. The van der Waals surface area contributed by atoms with Crippen molar-refractivity contribution >= 4 is 23.2 Å². The van der Waals surface area contributed by atoms with Crippen molar-refractivity contribution in [3.05, 3.63) is 89.5 Å². The zero-order chi connectivity index (χ0) is 19.2. The summed E-state index contributed by atoms with van der Waals surface area (Å²) in [7, 11) is 1.52. The van der Waals surface area contributed by atoms with Crippen LogP contribution in [0, 0.1) is 6.92 Å². The number of hydrogen-bond donors (Lipinski definition) is 2. The number of rotatable bonds is 5. The molecule has 136 valence electrons. The topological polar surface area (TPSA) is 67.4 Å². The third-order valence-corrected chi connectivity index (χ3v) is 4.13. The van der Waals surface area contributed by atoms with Crippen molar-refractivity contribution in [1.29, 1.82) is 0 Å². The fourth-order valence-corrected chi connectivity index (χ4v) is 2.69. The number of amides is 2. The van der Waals surface area contributed by atoms with E-state index in [4.69, 9.17) is 4.74 Å². The second-order valence-corrected chi connectivity index (χ2v) is 6.00. The van der Waals surface area contributed by atoms with Crippen LogP contribution < -0.4 is 15.4 Å². The lowest BCUT2D eigenvalue weighted by Gasteiger charge is -2.13. The third kappa shape index (κ3) is 4.33. The Morgan fingerprint density at radius 3 is 2.22 bits per heavy atom. The van der Waals surface area contributed by atoms with Crippen LogP contribution in [0.1, 0.15) is 26.3 Å². The maximum Gasteiger partial charge on any atom is 0.256 e. The maximum absolute atomic E-state index is 12.6. The Balaban J connectivity index is 1.84. The largest absolute Gasteiger partial charge is 0.495 e. The van der Waals surface area contributed by atoms with Crippen molar-refractivity contribution in [3.8, 4) is 5.75 Å². The molecule has 0 saturated carbocycles. The van der Waals surface area contributed by atoms with E-state index in [1.165, 1.54) is 7.11 Å². The fourth-order valence-electron chi connectivity index (χ4n) is 2.69. The summed E-state index contributed by atoms with van der Waals surface area (Å²) < 4.78 is 5.32. The Labute approximate surface area is 158 Å². The monoisotopic (exact) mass is 360 g/mol. The van der Waals surface area contributed by atoms with Crippen molar-refractivity contribution in [2.24, 2.45) is 0 Å². The normalized spacial score (nSPS) is 10.1. The molecule has 3 aromatic carbocycles. The Morgan fingerprint density at radius 1 is 0.815 bits per heavy atom. The highest BCUT2D eigenvalue weighted by Gasteiger charge is 2.14. The minimum absolute atomic E-state index is 0.257. The molecule has 2 amide bonds. The van der Waals surface area contributed by atoms with Gasteiger partial charge in [0.25, 0.3) is 11.8 Å². The van der Waals surface area contributed by atoms with Gasteiger partial charge < -0.3 is 15.4 Å². The first-order valence-corrected chi connectivity index (χ1v) is 8.50. The van der Waals surface area contributed by atoms with Gasteiger partial charge in [-0.05, 0) is 48.9 Å². The van der Waals surface area contributed by atoms with Gasteiger partial charge in [-0.1, -0.05) is 36.4 Å². The molecule has 27 heavy (non-hydrogen) atoms. The second-order valence-electron chi connectivity index (χ2n) is 6.00. The lowest BCUT2D eigenvalue weighted by Crippen LogP contribution is -2.16. The van der Waals surface area contributed by atoms with E-state index in [1.807, 2.05) is 55.5 Å². The lowest BCUT2D eigenvalue weighted by atomic mass is 10.1. The number of nitrogens with one attached hydrogen (secondary N) is 2. The van der Waals surface area contributed by atoms with Gasteiger partial charge in [-0.25, -0.2) is 0 Å². The number of benzene rings is 3. The highest BCUT2D eigenvalue weighted by Crippen LogP contribution is 2.27. The van der Waals surface area contributed by atoms with E-state index >= 15 is 0 Å². The van der Waals surface area contributed by atoms with E-state index in [0.29, 0.717) is 28.3 Å². The molecule has 0 bridgehead atoms. The standard InChI is InChI=1S/C22H20N2O3/c1-15-8-6-7-11-18(15)22(26)24-19-14-16(12-13-20(19)27-2)21(25)23-17-9-4-3-5-10-17/h3-14H,1-2H3,(H,23,25)(H,24,26). The zero-order valence-electron chi connectivity index (χ0n) is 15.2. The van der Waals surface area contributed by atoms with Crippen molar-refractivity contribution in [2.75, 3.05) is 17.7 Å². The predicted molar refractivity (Wildman–Crippen MR) is 107 cm³/mol. The number of anilines is 2. The number of methoxy groups -OCH3 is 1. The SMILES string of the molecule is COc1ccc(C(=O)Nc2ccccc2)cc1NC(=O)c1ccccc1C. The molecule has 0 aliphatic rings. The van der Waals surface area contributed by atoms with Crippen LogP contribution in [0.25, 0.3) is 0 Å². The molecule has 0 aliphatic heterocycles. The Morgan fingerprint density at radius 2 is 1.52 bits per heavy atom. The van der Waals surface area contributed by atoms with E-state index < -0.39 is 0 Å². The third-order valence-electron chi connectivity index (χ3n) is 4.13. The molecule has 5 heteroatoms. The number of carbonyl (C=O) groups is 2. The van der Waals surface area contributed by atoms with Crippen LogP contribution in [0.2, 0.25) is 0 Å². The van der Waals surface area contributed by atoms with Gasteiger partial charge in [0.15, 0.2) is 0 Å². The van der Waals surface area contributed by atoms with Crippen molar-refractivity contribution < 1.29 is 14.3 Å². The minimum atomic E-state index is -0.268.